The topological polar surface area (TPSA) is 74.7 Å². The van der Waals surface area contributed by atoms with Gasteiger partial charge in [0.15, 0.2) is 0 Å². The Morgan fingerprint density at radius 1 is 1.62 bits per heavy atom. The Kier molecular flexibility index (Phi) is 4.82. The fourth-order valence-electron chi connectivity index (χ4n) is 1.61. The predicted octanol–water partition coefficient (Wildman–Crippen LogP) is 0.394. The molecule has 0 aromatic rings. The average Bonchev–Trinajstić information content (AvgIpc) is 2.17. The van der Waals surface area contributed by atoms with Crippen LogP contribution >= 0.6 is 11.8 Å². The van der Waals surface area contributed by atoms with Gasteiger partial charge in [0.2, 0.25) is 10.0 Å². The van der Waals surface area contributed by atoms with E-state index in [2.05, 4.69) is 6.58 Å². The van der Waals surface area contributed by atoms with E-state index in [1.54, 1.807) is 11.8 Å². The summed E-state index contributed by atoms with van der Waals surface area (Å²) >= 11 is 1.59. The van der Waals surface area contributed by atoms with Gasteiger partial charge in [0.05, 0.1) is 12.2 Å². The molecule has 1 saturated heterocycles. The van der Waals surface area contributed by atoms with Gasteiger partial charge in [-0.1, -0.05) is 6.08 Å². The van der Waals surface area contributed by atoms with Crippen LogP contribution in [0.1, 0.15) is 6.42 Å². The standard InChI is InChI=1S/C9H15NO4S2/c1-2-5-16(13,14)10-3-4-15-7-8(10)6-9(11)12/h2,8H,1,3-7H2,(H,11,12). The number of carbonyl (C=O) groups is 1. The third kappa shape index (κ3) is 3.50. The van der Waals surface area contributed by atoms with E-state index in [9.17, 15) is 13.2 Å². The first-order valence-electron chi connectivity index (χ1n) is 4.87. The number of nitrogens with zero attached hydrogens (tertiary/aromatic N) is 1. The van der Waals surface area contributed by atoms with Crippen LogP contribution in [0, 0.1) is 0 Å². The van der Waals surface area contributed by atoms with Crippen LogP contribution in [-0.2, 0) is 14.8 Å². The van der Waals surface area contributed by atoms with Crippen LogP contribution < -0.4 is 0 Å². The van der Waals surface area contributed by atoms with E-state index in [1.165, 1.54) is 10.4 Å². The maximum atomic E-state index is 11.8. The van der Waals surface area contributed by atoms with Crippen molar-refractivity contribution in [2.45, 2.75) is 12.5 Å². The molecule has 1 heterocycles. The molecule has 1 N–H and O–H groups in total. The number of thioether (sulfide) groups is 1. The Morgan fingerprint density at radius 3 is 2.88 bits per heavy atom. The molecule has 1 unspecified atom stereocenters. The largest absolute Gasteiger partial charge is 0.481 e. The van der Waals surface area contributed by atoms with Crippen molar-refractivity contribution in [3.05, 3.63) is 12.7 Å². The quantitative estimate of drug-likeness (QED) is 0.728. The zero-order valence-electron chi connectivity index (χ0n) is 8.83. The zero-order valence-corrected chi connectivity index (χ0v) is 10.5. The van der Waals surface area contributed by atoms with Gasteiger partial charge in [-0.15, -0.1) is 6.58 Å². The van der Waals surface area contributed by atoms with Gasteiger partial charge in [-0.05, 0) is 0 Å². The van der Waals surface area contributed by atoms with E-state index in [4.69, 9.17) is 5.11 Å². The molecule has 1 rings (SSSR count). The first-order valence-corrected chi connectivity index (χ1v) is 7.63. The summed E-state index contributed by atoms with van der Waals surface area (Å²) in [6, 6.07) is -0.429. The molecular weight excluding hydrogens is 250 g/mol. The highest BCUT2D eigenvalue weighted by Gasteiger charge is 2.32. The van der Waals surface area contributed by atoms with Crippen LogP contribution in [0.15, 0.2) is 12.7 Å². The Balaban J connectivity index is 2.81. The van der Waals surface area contributed by atoms with Crippen LogP contribution in [0.5, 0.6) is 0 Å². The van der Waals surface area contributed by atoms with Gasteiger partial charge >= 0.3 is 5.97 Å². The molecule has 1 fully saturated rings. The van der Waals surface area contributed by atoms with Crippen LogP contribution in [0.3, 0.4) is 0 Å². The van der Waals surface area contributed by atoms with Crippen LogP contribution in [0.25, 0.3) is 0 Å². The Bertz CT molecular complexity index is 366. The van der Waals surface area contributed by atoms with E-state index in [0.717, 1.165) is 0 Å². The molecule has 0 aromatic carbocycles. The van der Waals surface area contributed by atoms with Gasteiger partial charge < -0.3 is 5.11 Å². The van der Waals surface area contributed by atoms with E-state index >= 15 is 0 Å². The minimum absolute atomic E-state index is 0.131. The monoisotopic (exact) mass is 265 g/mol. The molecule has 5 nitrogen and oxygen atoms in total. The van der Waals surface area contributed by atoms with Crippen molar-refractivity contribution in [3.63, 3.8) is 0 Å². The summed E-state index contributed by atoms with van der Waals surface area (Å²) in [5, 5.41) is 8.73. The molecule has 1 atom stereocenters. The van der Waals surface area contributed by atoms with Crippen molar-refractivity contribution in [1.29, 1.82) is 0 Å². The molecule has 16 heavy (non-hydrogen) atoms. The molecule has 92 valence electrons. The minimum atomic E-state index is -3.39. The minimum Gasteiger partial charge on any atom is -0.481 e. The van der Waals surface area contributed by atoms with Gasteiger partial charge in [0, 0.05) is 24.1 Å². The number of aliphatic carboxylic acids is 1. The van der Waals surface area contributed by atoms with E-state index < -0.39 is 22.0 Å². The zero-order chi connectivity index (χ0) is 12.2. The van der Waals surface area contributed by atoms with Crippen molar-refractivity contribution in [1.82, 2.24) is 4.31 Å². The van der Waals surface area contributed by atoms with Crippen molar-refractivity contribution in [2.75, 3.05) is 23.8 Å². The van der Waals surface area contributed by atoms with Crippen molar-refractivity contribution in [3.8, 4) is 0 Å². The van der Waals surface area contributed by atoms with Crippen LogP contribution in [0.2, 0.25) is 0 Å². The summed E-state index contributed by atoms with van der Waals surface area (Å²) in [5.74, 6) is 0.162. The fraction of sp³-hybridized carbons (Fsp3) is 0.667. The summed E-state index contributed by atoms with van der Waals surface area (Å²) in [5.41, 5.74) is 0. The molecule has 0 saturated carbocycles. The highest BCUT2D eigenvalue weighted by molar-refractivity contribution is 7.99. The number of carboxylic acids is 1. The lowest BCUT2D eigenvalue weighted by atomic mass is 10.2. The second kappa shape index (κ2) is 5.70. The number of rotatable bonds is 5. The maximum Gasteiger partial charge on any atom is 0.305 e. The normalized spacial score (nSPS) is 22.9. The van der Waals surface area contributed by atoms with E-state index in [-0.39, 0.29) is 12.2 Å². The lowest BCUT2D eigenvalue weighted by molar-refractivity contribution is -0.137. The molecule has 0 aromatic heterocycles. The maximum absolute atomic E-state index is 11.8. The Hall–Kier alpha value is -0.530. The van der Waals surface area contributed by atoms with Crippen molar-refractivity contribution in [2.24, 2.45) is 0 Å². The fourth-order valence-corrected chi connectivity index (χ4v) is 4.35. The molecule has 1 aliphatic heterocycles. The summed E-state index contributed by atoms with van der Waals surface area (Å²) in [7, 11) is -3.39. The molecule has 7 heteroatoms. The summed E-state index contributed by atoms with van der Waals surface area (Å²) < 4.78 is 25.0. The summed E-state index contributed by atoms with van der Waals surface area (Å²) in [6.45, 7) is 3.79. The first kappa shape index (κ1) is 13.5. The molecule has 0 amide bonds. The van der Waals surface area contributed by atoms with Crippen molar-refractivity contribution < 1.29 is 18.3 Å². The lowest BCUT2D eigenvalue weighted by Crippen LogP contribution is -2.47. The van der Waals surface area contributed by atoms with Gasteiger partial charge in [0.1, 0.15) is 0 Å². The Labute approximate surface area is 99.6 Å². The van der Waals surface area contributed by atoms with E-state index in [0.29, 0.717) is 18.1 Å². The molecular formula is C9H15NO4S2. The number of carboxylic acid groups (broad SMARTS) is 1. The van der Waals surface area contributed by atoms with Gasteiger partial charge in [0.25, 0.3) is 0 Å². The lowest BCUT2D eigenvalue weighted by Gasteiger charge is -2.33. The average molecular weight is 265 g/mol. The number of sulfonamides is 1. The third-order valence-electron chi connectivity index (χ3n) is 2.27. The third-order valence-corrected chi connectivity index (χ3v) is 5.21. The smallest absolute Gasteiger partial charge is 0.305 e. The Morgan fingerprint density at radius 2 is 2.31 bits per heavy atom. The van der Waals surface area contributed by atoms with Crippen molar-refractivity contribution >= 4 is 27.8 Å². The van der Waals surface area contributed by atoms with Gasteiger partial charge in [-0.3, -0.25) is 4.79 Å². The number of hydrogen-bond acceptors (Lipinski definition) is 4. The van der Waals surface area contributed by atoms with Gasteiger partial charge in [-0.25, -0.2) is 8.42 Å². The molecule has 0 radical (unpaired) electrons. The predicted molar refractivity (Wildman–Crippen MR) is 64.1 cm³/mol. The van der Waals surface area contributed by atoms with E-state index in [1.807, 2.05) is 0 Å². The highest BCUT2D eigenvalue weighted by Crippen LogP contribution is 2.22. The molecule has 0 bridgehead atoms. The summed E-state index contributed by atoms with van der Waals surface area (Å²) in [6.07, 6.45) is 1.19. The first-order chi connectivity index (χ1) is 7.47. The second-order valence-electron chi connectivity index (χ2n) is 3.50. The second-order valence-corrected chi connectivity index (χ2v) is 6.62. The van der Waals surface area contributed by atoms with Crippen LogP contribution in [-0.4, -0.2) is 53.6 Å². The summed E-state index contributed by atoms with van der Waals surface area (Å²) in [4.78, 5) is 10.6. The number of hydrogen-bond donors (Lipinski definition) is 1. The molecule has 0 aliphatic carbocycles. The molecule has 0 spiro atoms. The van der Waals surface area contributed by atoms with Crippen LogP contribution in [0.4, 0.5) is 0 Å². The molecule has 1 aliphatic rings. The van der Waals surface area contributed by atoms with Gasteiger partial charge in [-0.2, -0.15) is 16.1 Å². The SMILES string of the molecule is C=CCS(=O)(=O)N1CCSCC1CC(=O)O. The highest BCUT2D eigenvalue weighted by atomic mass is 32.2.